The van der Waals surface area contributed by atoms with Crippen molar-refractivity contribution in [2.45, 2.75) is 132 Å². The van der Waals surface area contributed by atoms with Crippen LogP contribution in [0.1, 0.15) is 138 Å². The highest BCUT2D eigenvalue weighted by atomic mass is 31.1. The summed E-state index contributed by atoms with van der Waals surface area (Å²) in [6.45, 7) is 33.7. The van der Waals surface area contributed by atoms with Crippen LogP contribution in [0.4, 0.5) is 0 Å². The van der Waals surface area contributed by atoms with Crippen molar-refractivity contribution in [2.24, 2.45) is 5.41 Å². The standard InChI is InChI=1S/C38H54NO3P/c1-34(2,3)24-20-26-27-21-25(35(4,5)6)23-29(37(10,11)12)32(27)41-43(40-31(26)28(22-24)36(7,8)9)42-33(38(13,14)15)30-18-16-17-19-39-30/h16-23,33H,1-15H3/t33-/m1/s1. The van der Waals surface area contributed by atoms with Crippen LogP contribution in [0.15, 0.2) is 57.1 Å². The first-order valence-electron chi connectivity index (χ1n) is 15.6. The van der Waals surface area contributed by atoms with E-state index in [1.165, 1.54) is 11.1 Å². The Labute approximate surface area is 261 Å². The van der Waals surface area contributed by atoms with Gasteiger partial charge in [-0.3, -0.25) is 9.51 Å². The molecule has 0 bridgehead atoms. The number of rotatable bonds is 3. The molecular weight excluding hydrogens is 549 g/mol. The van der Waals surface area contributed by atoms with Crippen LogP contribution in [0.2, 0.25) is 0 Å². The molecule has 2 aromatic heterocycles. The van der Waals surface area contributed by atoms with Gasteiger partial charge in [0, 0.05) is 28.1 Å². The van der Waals surface area contributed by atoms with Gasteiger partial charge in [0.1, 0.15) is 17.3 Å². The second-order valence-corrected chi connectivity index (χ2v) is 18.3. The number of fused-ring (bicyclic) bond motifs is 3. The lowest BCUT2D eigenvalue weighted by molar-refractivity contribution is 0.122. The number of hydrogen-bond acceptors (Lipinski definition) is 4. The predicted molar refractivity (Wildman–Crippen MR) is 184 cm³/mol. The topological polar surface area (TPSA) is 48.4 Å². The fourth-order valence-corrected chi connectivity index (χ4v) is 6.73. The van der Waals surface area contributed by atoms with Gasteiger partial charge in [0.2, 0.25) is 0 Å². The third-order valence-electron chi connectivity index (χ3n) is 8.08. The molecule has 0 saturated heterocycles. The van der Waals surface area contributed by atoms with E-state index in [2.05, 4.69) is 133 Å². The van der Waals surface area contributed by atoms with Crippen molar-refractivity contribution in [1.82, 2.24) is 4.98 Å². The molecule has 4 nitrogen and oxygen atoms in total. The molecule has 43 heavy (non-hydrogen) atoms. The lowest BCUT2D eigenvalue weighted by Crippen LogP contribution is -2.24. The Balaban J connectivity index is 2.27. The van der Waals surface area contributed by atoms with E-state index < -0.39 is 8.24 Å². The molecule has 0 unspecified atom stereocenters. The minimum atomic E-state index is -1.84. The normalized spacial score (nSPS) is 14.4. The number of aromatic nitrogens is 1. The third kappa shape index (κ3) is 7.23. The second-order valence-electron chi connectivity index (χ2n) is 17.3. The minimum Gasteiger partial charge on any atom is -0.399 e. The Bertz CT molecular complexity index is 1550. The number of benzene rings is 2. The molecule has 4 rings (SSSR count). The Kier molecular flexibility index (Phi) is 8.62. The number of pyridine rings is 1. The van der Waals surface area contributed by atoms with E-state index in [-0.39, 0.29) is 33.2 Å². The molecule has 0 fully saturated rings. The quantitative estimate of drug-likeness (QED) is 0.234. The first-order chi connectivity index (χ1) is 19.5. The van der Waals surface area contributed by atoms with E-state index in [9.17, 15) is 0 Å². The summed E-state index contributed by atoms with van der Waals surface area (Å²) in [6.07, 6.45) is 1.49. The van der Waals surface area contributed by atoms with E-state index in [4.69, 9.17) is 12.9 Å². The van der Waals surface area contributed by atoms with Gasteiger partial charge < -0.3 is 8.39 Å². The number of hydrogen-bond donors (Lipinski definition) is 0. The Hall–Kier alpha value is -2.55. The zero-order chi connectivity index (χ0) is 32.3. The van der Waals surface area contributed by atoms with Gasteiger partial charge in [-0.2, -0.15) is 0 Å². The molecule has 0 amide bonds. The summed E-state index contributed by atoms with van der Waals surface area (Å²) in [7, 11) is -1.84. The zero-order valence-electron chi connectivity index (χ0n) is 29.3. The van der Waals surface area contributed by atoms with E-state index in [0.717, 1.165) is 38.8 Å². The summed E-state index contributed by atoms with van der Waals surface area (Å²) in [5, 5.41) is 2.14. The summed E-state index contributed by atoms with van der Waals surface area (Å²) in [5.41, 5.74) is 6.76. The maximum absolute atomic E-state index is 7.00. The van der Waals surface area contributed by atoms with Crippen molar-refractivity contribution < 1.29 is 12.9 Å². The molecule has 0 aliphatic heterocycles. The van der Waals surface area contributed by atoms with Gasteiger partial charge in [-0.05, 0) is 62.5 Å². The monoisotopic (exact) mass is 603 g/mol. The highest BCUT2D eigenvalue weighted by molar-refractivity contribution is 7.31. The van der Waals surface area contributed by atoms with E-state index in [1.807, 2.05) is 24.4 Å². The Morgan fingerprint density at radius 1 is 0.605 bits per heavy atom. The predicted octanol–water partition coefficient (Wildman–Crippen LogP) is 12.1. The molecule has 0 radical (unpaired) electrons. The molecule has 0 spiro atoms. The van der Waals surface area contributed by atoms with Crippen LogP contribution in [0.5, 0.6) is 0 Å². The van der Waals surface area contributed by atoms with E-state index in [1.54, 1.807) is 0 Å². The molecule has 1 atom stereocenters. The largest absolute Gasteiger partial charge is 0.399 e. The van der Waals surface area contributed by atoms with Crippen LogP contribution in [-0.4, -0.2) is 4.98 Å². The van der Waals surface area contributed by atoms with Gasteiger partial charge in [-0.1, -0.05) is 122 Å². The molecule has 0 aliphatic carbocycles. The highest BCUT2D eigenvalue weighted by Gasteiger charge is 2.33. The summed E-state index contributed by atoms with van der Waals surface area (Å²) >= 11 is 0. The van der Waals surface area contributed by atoms with Crippen LogP contribution < -0.4 is 4.52 Å². The zero-order valence-corrected chi connectivity index (χ0v) is 30.2. The smallest absolute Gasteiger partial charge is 0.388 e. The summed E-state index contributed by atoms with van der Waals surface area (Å²) in [5.74, 6) is 0. The lowest BCUT2D eigenvalue weighted by atomic mass is 9.77. The average molecular weight is 604 g/mol. The SMILES string of the molecule is CC(C)(C)c1cc(C(C)(C)C)c2op(O[C@H](c3ccccn3)C(C)(C)C)oc3c(C(C)(C)C)cc(C(C)(C)C)cc3c2c1. The highest BCUT2D eigenvalue weighted by Crippen LogP contribution is 2.47. The van der Waals surface area contributed by atoms with Gasteiger partial charge in [-0.25, -0.2) is 0 Å². The third-order valence-corrected chi connectivity index (χ3v) is 9.13. The van der Waals surface area contributed by atoms with Gasteiger partial charge in [0.05, 0.1) is 5.69 Å². The lowest BCUT2D eigenvalue weighted by Gasteiger charge is -2.28. The molecule has 0 N–H and O–H groups in total. The Morgan fingerprint density at radius 2 is 1.05 bits per heavy atom. The molecule has 0 aliphatic rings. The maximum Gasteiger partial charge on any atom is 0.388 e. The molecule has 2 heterocycles. The maximum atomic E-state index is 7.00. The van der Waals surface area contributed by atoms with Crippen molar-refractivity contribution in [1.29, 1.82) is 0 Å². The van der Waals surface area contributed by atoms with E-state index in [0.29, 0.717) is 0 Å². The van der Waals surface area contributed by atoms with Crippen molar-refractivity contribution >= 4 is 30.2 Å². The van der Waals surface area contributed by atoms with Gasteiger partial charge in [-0.15, -0.1) is 0 Å². The van der Waals surface area contributed by atoms with Gasteiger partial charge in [0.15, 0.2) is 0 Å². The average Bonchev–Trinajstić information content (AvgIpc) is 3.00. The van der Waals surface area contributed by atoms with Crippen LogP contribution in [0, 0.1) is 5.41 Å². The van der Waals surface area contributed by atoms with Crippen molar-refractivity contribution in [3.8, 4) is 0 Å². The molecule has 4 aromatic rings. The first kappa shape index (κ1) is 33.3. The summed E-state index contributed by atoms with van der Waals surface area (Å²) in [4.78, 5) is 4.69. The van der Waals surface area contributed by atoms with Crippen LogP contribution in [0.25, 0.3) is 21.9 Å². The molecule has 2 aromatic carbocycles. The van der Waals surface area contributed by atoms with Crippen molar-refractivity contribution in [3.63, 3.8) is 0 Å². The van der Waals surface area contributed by atoms with Gasteiger partial charge in [0.25, 0.3) is 0 Å². The fourth-order valence-electron chi connectivity index (χ4n) is 5.32. The second kappa shape index (κ2) is 11.1. The van der Waals surface area contributed by atoms with Crippen molar-refractivity contribution in [2.75, 3.05) is 0 Å². The van der Waals surface area contributed by atoms with Gasteiger partial charge >= 0.3 is 8.24 Å². The molecule has 234 valence electrons. The molecule has 5 heteroatoms. The van der Waals surface area contributed by atoms with Crippen LogP contribution >= 0.6 is 8.24 Å². The van der Waals surface area contributed by atoms with E-state index >= 15 is 0 Å². The van der Waals surface area contributed by atoms with Crippen LogP contribution in [0.3, 0.4) is 0 Å². The minimum absolute atomic E-state index is 0.0472. The summed E-state index contributed by atoms with van der Waals surface area (Å²) in [6, 6.07) is 15.3. The number of nitrogens with zero attached hydrogens (tertiary/aromatic N) is 1. The molecule has 0 saturated carbocycles. The van der Waals surface area contributed by atoms with Crippen molar-refractivity contribution in [3.05, 3.63) is 76.6 Å². The van der Waals surface area contributed by atoms with Crippen LogP contribution in [-0.2, 0) is 21.7 Å². The Morgan fingerprint density at radius 3 is 1.37 bits per heavy atom. The summed E-state index contributed by atoms with van der Waals surface area (Å²) < 4.78 is 20.9. The fraction of sp³-hybridized carbons (Fsp3) is 0.553. The first-order valence-corrected chi connectivity index (χ1v) is 16.7. The molecular formula is C38H54NO3P.